The largest absolute Gasteiger partial charge is 0.354 e. The number of carbonyl (C=O) groups excluding carboxylic acids is 2. The minimum absolute atomic E-state index is 0.0188. The molecule has 1 atom stereocenters. The van der Waals surface area contributed by atoms with Gasteiger partial charge >= 0.3 is 0 Å². The summed E-state index contributed by atoms with van der Waals surface area (Å²) in [5, 5.41) is 3.03. The van der Waals surface area contributed by atoms with E-state index in [1.807, 2.05) is 23.2 Å². The number of anilines is 1. The minimum Gasteiger partial charge on any atom is -0.354 e. The van der Waals surface area contributed by atoms with Crippen LogP contribution in [0.3, 0.4) is 0 Å². The van der Waals surface area contributed by atoms with E-state index in [4.69, 9.17) is 0 Å². The lowest BCUT2D eigenvalue weighted by Crippen LogP contribution is -2.45. The molecule has 26 heavy (non-hydrogen) atoms. The van der Waals surface area contributed by atoms with Crippen molar-refractivity contribution in [3.8, 4) is 0 Å². The molecule has 1 aliphatic carbocycles. The van der Waals surface area contributed by atoms with Gasteiger partial charge in [-0.05, 0) is 26.0 Å². The van der Waals surface area contributed by atoms with Crippen molar-refractivity contribution in [3.63, 3.8) is 0 Å². The van der Waals surface area contributed by atoms with E-state index >= 15 is 0 Å². The predicted molar refractivity (Wildman–Crippen MR) is 98.6 cm³/mol. The van der Waals surface area contributed by atoms with Crippen LogP contribution in [0.5, 0.6) is 0 Å². The van der Waals surface area contributed by atoms with Gasteiger partial charge in [-0.25, -0.2) is 4.98 Å². The monoisotopic (exact) mass is 357 g/mol. The van der Waals surface area contributed by atoms with Gasteiger partial charge in [0, 0.05) is 63.5 Å². The lowest BCUT2D eigenvalue weighted by atomic mass is 10.1. The maximum atomic E-state index is 12.6. The number of rotatable bonds is 5. The van der Waals surface area contributed by atoms with Crippen molar-refractivity contribution < 1.29 is 9.59 Å². The Bertz CT molecular complexity index is 682. The molecule has 1 N–H and O–H groups in total. The van der Waals surface area contributed by atoms with E-state index in [1.54, 1.807) is 0 Å². The number of amides is 2. The van der Waals surface area contributed by atoms with Crippen molar-refractivity contribution in [2.45, 2.75) is 31.8 Å². The number of nitrogens with zero attached hydrogens (tertiary/aromatic N) is 4. The van der Waals surface area contributed by atoms with E-state index in [-0.39, 0.29) is 17.7 Å². The smallest absolute Gasteiger partial charge is 0.225 e. The predicted octanol–water partition coefficient (Wildman–Crippen LogP) is 0.461. The molecule has 7 nitrogen and oxygen atoms in total. The van der Waals surface area contributed by atoms with Crippen molar-refractivity contribution in [1.82, 2.24) is 20.1 Å². The van der Waals surface area contributed by atoms with E-state index in [2.05, 4.69) is 27.1 Å². The molecule has 1 aromatic rings. The van der Waals surface area contributed by atoms with Crippen LogP contribution in [0.15, 0.2) is 18.3 Å². The molecule has 2 amide bonds. The van der Waals surface area contributed by atoms with Gasteiger partial charge in [0.2, 0.25) is 11.8 Å². The van der Waals surface area contributed by atoms with Gasteiger partial charge in [-0.15, -0.1) is 0 Å². The van der Waals surface area contributed by atoms with E-state index in [1.165, 1.54) is 0 Å². The van der Waals surface area contributed by atoms with Crippen molar-refractivity contribution >= 4 is 17.6 Å². The second-order valence-electron chi connectivity index (χ2n) is 7.67. The summed E-state index contributed by atoms with van der Waals surface area (Å²) in [5.74, 6) is 0.858. The van der Waals surface area contributed by atoms with Crippen molar-refractivity contribution in [2.75, 3.05) is 44.7 Å². The van der Waals surface area contributed by atoms with Crippen molar-refractivity contribution in [3.05, 3.63) is 23.9 Å². The van der Waals surface area contributed by atoms with E-state index in [0.717, 1.165) is 50.4 Å². The SMILES string of the molecule is CN1CCN(c2ncccc2CNC(=O)[C@H]2CC(=O)N(C3CC3)C2)CC1. The van der Waals surface area contributed by atoms with Crippen LogP contribution in [0.1, 0.15) is 24.8 Å². The Kier molecular flexibility index (Phi) is 4.80. The van der Waals surface area contributed by atoms with E-state index < -0.39 is 0 Å². The first-order chi connectivity index (χ1) is 12.6. The summed E-state index contributed by atoms with van der Waals surface area (Å²) in [7, 11) is 2.13. The van der Waals surface area contributed by atoms with Crippen LogP contribution >= 0.6 is 0 Å². The number of carbonyl (C=O) groups is 2. The molecule has 2 aliphatic heterocycles. The number of hydrogen-bond acceptors (Lipinski definition) is 5. The standard InChI is InChI=1S/C19H27N5O2/c1-22-7-9-23(10-8-22)18-14(3-2-6-20-18)12-21-19(26)15-11-17(25)24(13-15)16-4-5-16/h2-3,6,15-16H,4-5,7-13H2,1H3,(H,21,26)/t15-/m0/s1. The van der Waals surface area contributed by atoms with Gasteiger partial charge in [-0.2, -0.15) is 0 Å². The molecular weight excluding hydrogens is 330 g/mol. The summed E-state index contributed by atoms with van der Waals surface area (Å²) < 4.78 is 0. The Morgan fingerprint density at radius 3 is 2.77 bits per heavy atom. The third-order valence-corrected chi connectivity index (χ3v) is 5.64. The van der Waals surface area contributed by atoms with Gasteiger partial charge in [-0.3, -0.25) is 9.59 Å². The number of piperazine rings is 1. The fraction of sp³-hybridized carbons (Fsp3) is 0.632. The summed E-state index contributed by atoms with van der Waals surface area (Å²) in [4.78, 5) is 35.7. The van der Waals surface area contributed by atoms with Crippen LogP contribution < -0.4 is 10.2 Å². The zero-order chi connectivity index (χ0) is 18.1. The van der Waals surface area contributed by atoms with Gasteiger partial charge in [0.05, 0.1) is 5.92 Å². The molecule has 0 aromatic carbocycles. The Morgan fingerprint density at radius 2 is 2.04 bits per heavy atom. The fourth-order valence-electron chi connectivity index (χ4n) is 3.84. The third-order valence-electron chi connectivity index (χ3n) is 5.64. The number of pyridine rings is 1. The lowest BCUT2D eigenvalue weighted by molar-refractivity contribution is -0.129. The molecule has 1 saturated carbocycles. The quantitative estimate of drug-likeness (QED) is 0.829. The average molecular weight is 357 g/mol. The maximum absolute atomic E-state index is 12.6. The molecule has 0 radical (unpaired) electrons. The highest BCUT2D eigenvalue weighted by atomic mass is 16.2. The van der Waals surface area contributed by atoms with Crippen LogP contribution in [-0.4, -0.2) is 72.4 Å². The first kappa shape index (κ1) is 17.3. The topological polar surface area (TPSA) is 68.8 Å². The number of likely N-dealkylation sites (N-methyl/N-ethyl adjacent to an activating group) is 1. The molecule has 7 heteroatoms. The Morgan fingerprint density at radius 1 is 1.27 bits per heavy atom. The molecule has 140 valence electrons. The summed E-state index contributed by atoms with van der Waals surface area (Å²) in [6.07, 6.45) is 4.33. The zero-order valence-electron chi connectivity index (χ0n) is 15.4. The van der Waals surface area contributed by atoms with E-state index in [9.17, 15) is 9.59 Å². The van der Waals surface area contributed by atoms with Crippen LogP contribution in [0.25, 0.3) is 0 Å². The van der Waals surface area contributed by atoms with Gasteiger partial charge in [0.1, 0.15) is 5.82 Å². The van der Waals surface area contributed by atoms with Gasteiger partial charge < -0.3 is 20.0 Å². The molecule has 4 rings (SSSR count). The van der Waals surface area contributed by atoms with Crippen molar-refractivity contribution in [2.24, 2.45) is 5.92 Å². The summed E-state index contributed by atoms with van der Waals surface area (Å²) in [5.41, 5.74) is 1.04. The molecule has 3 heterocycles. The molecule has 0 bridgehead atoms. The fourth-order valence-corrected chi connectivity index (χ4v) is 3.84. The number of likely N-dealkylation sites (tertiary alicyclic amines) is 1. The van der Waals surface area contributed by atoms with E-state index in [0.29, 0.717) is 25.6 Å². The van der Waals surface area contributed by atoms with Crippen LogP contribution in [0, 0.1) is 5.92 Å². The Hall–Kier alpha value is -2.15. The average Bonchev–Trinajstić information content (AvgIpc) is 3.42. The zero-order valence-corrected chi connectivity index (χ0v) is 15.4. The second kappa shape index (κ2) is 7.23. The van der Waals surface area contributed by atoms with Gasteiger partial charge in [-0.1, -0.05) is 6.07 Å². The second-order valence-corrected chi connectivity index (χ2v) is 7.67. The Labute approximate surface area is 154 Å². The highest BCUT2D eigenvalue weighted by Crippen LogP contribution is 2.32. The number of aromatic nitrogens is 1. The van der Waals surface area contributed by atoms with Crippen LogP contribution in [0.2, 0.25) is 0 Å². The molecule has 0 unspecified atom stereocenters. The number of hydrogen-bond donors (Lipinski definition) is 1. The first-order valence-electron chi connectivity index (χ1n) is 9.56. The number of nitrogens with one attached hydrogen (secondary N) is 1. The highest BCUT2D eigenvalue weighted by Gasteiger charge is 2.41. The van der Waals surface area contributed by atoms with Crippen molar-refractivity contribution in [1.29, 1.82) is 0 Å². The summed E-state index contributed by atoms with van der Waals surface area (Å²) >= 11 is 0. The molecule has 0 spiro atoms. The molecule has 1 aromatic heterocycles. The normalized spacial score (nSPS) is 24.2. The first-order valence-corrected chi connectivity index (χ1v) is 9.56. The van der Waals surface area contributed by atoms with Gasteiger partial charge in [0.15, 0.2) is 0 Å². The third kappa shape index (κ3) is 3.67. The molecular formula is C19H27N5O2. The summed E-state index contributed by atoms with van der Waals surface area (Å²) in [6.45, 7) is 4.97. The molecule has 2 saturated heterocycles. The van der Waals surface area contributed by atoms with Crippen LogP contribution in [0.4, 0.5) is 5.82 Å². The van der Waals surface area contributed by atoms with Gasteiger partial charge in [0.25, 0.3) is 0 Å². The van der Waals surface area contributed by atoms with Crippen LogP contribution in [-0.2, 0) is 16.1 Å². The Balaban J connectivity index is 1.36. The highest BCUT2D eigenvalue weighted by molar-refractivity contribution is 5.89. The molecule has 3 fully saturated rings. The summed E-state index contributed by atoms with van der Waals surface area (Å²) in [6, 6.07) is 4.33. The molecule has 3 aliphatic rings. The maximum Gasteiger partial charge on any atom is 0.225 e. The minimum atomic E-state index is -0.216. The lowest BCUT2D eigenvalue weighted by Gasteiger charge is -2.34.